The maximum atomic E-state index is 13.8. The predicted molar refractivity (Wildman–Crippen MR) is 189 cm³/mol. The smallest absolute Gasteiger partial charge is 0.410 e. The second-order valence-corrected chi connectivity index (χ2v) is 15.2. The third-order valence-corrected chi connectivity index (χ3v) is 8.64. The number of fused-ring (bicyclic) bond motifs is 2. The Kier molecular flexibility index (Phi) is 8.97. The second-order valence-electron chi connectivity index (χ2n) is 15.2. The minimum atomic E-state index is -0.623. The summed E-state index contributed by atoms with van der Waals surface area (Å²) in [5.41, 5.74) is 2.98. The Balaban J connectivity index is 1.19. The molecule has 2 aliphatic rings. The fourth-order valence-electron chi connectivity index (χ4n) is 6.53. The molecule has 0 unspecified atom stereocenters. The largest absolute Gasteiger partial charge is 0.444 e. The summed E-state index contributed by atoms with van der Waals surface area (Å²) in [5.74, 6) is -0.291. The third-order valence-electron chi connectivity index (χ3n) is 8.64. The average molecular weight is 673 g/mol. The Labute approximate surface area is 286 Å². The van der Waals surface area contributed by atoms with E-state index >= 15 is 0 Å². The zero-order chi connectivity index (χ0) is 35.2. The summed E-state index contributed by atoms with van der Waals surface area (Å²) in [7, 11) is 3.68. The molecule has 3 heterocycles. The normalized spacial score (nSPS) is 15.8. The van der Waals surface area contributed by atoms with Crippen LogP contribution in [0, 0.1) is 0 Å². The molecule has 0 atom stereocenters. The maximum absolute atomic E-state index is 13.8. The minimum Gasteiger partial charge on any atom is -0.444 e. The Morgan fingerprint density at radius 3 is 2.14 bits per heavy atom. The molecule has 6 rings (SSSR count). The number of ether oxygens (including phenoxy) is 2. The van der Waals surface area contributed by atoms with Gasteiger partial charge >= 0.3 is 12.2 Å². The van der Waals surface area contributed by atoms with E-state index in [0.29, 0.717) is 16.8 Å². The number of nitrogens with zero attached hydrogens (tertiary/aromatic N) is 6. The lowest BCUT2D eigenvalue weighted by atomic mass is 10.0. The van der Waals surface area contributed by atoms with E-state index in [0.717, 1.165) is 66.3 Å². The van der Waals surface area contributed by atoms with Gasteiger partial charge in [0.2, 0.25) is 0 Å². The standard InChI is InChI=1S/C36H48N8O5/c1-35(2,3)48-33(46)37-19-22-17-24(18-23-20-41(7)39-30(22)23)38-32(45)27-11-12-29(28-21-42(8)40-31(27)28)43-15-13-26(14-16-43)44(25-9-10-25)34(47)49-36(4,5)6/h11-12,17-18,20-21,25-26H,9-10,13-16,19H2,1-8H3,(H,37,46)(H,38,45). The number of hydrogen-bond acceptors (Lipinski definition) is 8. The van der Waals surface area contributed by atoms with Crippen LogP contribution in [0.5, 0.6) is 0 Å². The van der Waals surface area contributed by atoms with Gasteiger partial charge in [0.1, 0.15) is 16.7 Å². The lowest BCUT2D eigenvalue weighted by Gasteiger charge is -2.40. The van der Waals surface area contributed by atoms with Crippen LogP contribution >= 0.6 is 0 Å². The first-order chi connectivity index (χ1) is 23.0. The molecule has 1 aliphatic heterocycles. The van der Waals surface area contributed by atoms with E-state index in [9.17, 15) is 14.4 Å². The van der Waals surface area contributed by atoms with Crippen LogP contribution in [0.1, 0.15) is 83.1 Å². The minimum absolute atomic E-state index is 0.134. The number of anilines is 2. The van der Waals surface area contributed by atoms with Crippen LogP contribution in [0.4, 0.5) is 21.0 Å². The molecular formula is C36H48N8O5. The molecule has 13 heteroatoms. The molecule has 2 aromatic carbocycles. The molecule has 1 saturated heterocycles. The third kappa shape index (κ3) is 7.92. The molecule has 0 radical (unpaired) electrons. The number of hydrogen-bond donors (Lipinski definition) is 2. The zero-order valence-electron chi connectivity index (χ0n) is 29.8. The van der Waals surface area contributed by atoms with Gasteiger partial charge in [-0.1, -0.05) is 0 Å². The molecule has 49 heavy (non-hydrogen) atoms. The summed E-state index contributed by atoms with van der Waals surface area (Å²) in [6.45, 7) is 12.9. The Morgan fingerprint density at radius 2 is 1.49 bits per heavy atom. The molecule has 1 aliphatic carbocycles. The van der Waals surface area contributed by atoms with Crippen LogP contribution in [0.3, 0.4) is 0 Å². The molecule has 2 aromatic heterocycles. The number of alkyl carbamates (subject to hydrolysis) is 1. The van der Waals surface area contributed by atoms with Gasteiger partial charge in [-0.25, -0.2) is 9.59 Å². The van der Waals surface area contributed by atoms with Gasteiger partial charge in [-0.2, -0.15) is 10.2 Å². The molecule has 1 saturated carbocycles. The summed E-state index contributed by atoms with van der Waals surface area (Å²) in [4.78, 5) is 43.6. The fourth-order valence-corrected chi connectivity index (χ4v) is 6.53. The van der Waals surface area contributed by atoms with Gasteiger partial charge in [0.25, 0.3) is 5.91 Å². The van der Waals surface area contributed by atoms with Crippen molar-refractivity contribution < 1.29 is 23.9 Å². The van der Waals surface area contributed by atoms with Crippen molar-refractivity contribution in [3.05, 3.63) is 47.8 Å². The van der Waals surface area contributed by atoms with Crippen LogP contribution in [0.15, 0.2) is 36.7 Å². The zero-order valence-corrected chi connectivity index (χ0v) is 29.8. The number of amides is 3. The highest BCUT2D eigenvalue weighted by Gasteiger charge is 2.41. The molecule has 2 fully saturated rings. The van der Waals surface area contributed by atoms with Crippen LogP contribution in [-0.4, -0.2) is 78.9 Å². The summed E-state index contributed by atoms with van der Waals surface area (Å²) in [5, 5.41) is 16.8. The number of piperidine rings is 1. The Morgan fingerprint density at radius 1 is 0.857 bits per heavy atom. The highest BCUT2D eigenvalue weighted by molar-refractivity contribution is 6.14. The SMILES string of the molecule is Cn1cc2cc(NC(=O)c3ccc(N4CCC(N(C(=O)OC(C)(C)C)C5CC5)CC4)c4cn(C)nc34)cc(CNC(=O)OC(C)(C)C)c2n1. The average Bonchev–Trinajstić information content (AvgIpc) is 3.62. The first-order valence-electron chi connectivity index (χ1n) is 17.0. The quantitative estimate of drug-likeness (QED) is 0.240. The lowest BCUT2D eigenvalue weighted by Crippen LogP contribution is -2.50. The Bertz CT molecular complexity index is 1890. The highest BCUT2D eigenvalue weighted by atomic mass is 16.6. The maximum Gasteiger partial charge on any atom is 0.410 e. The van der Waals surface area contributed by atoms with Crippen LogP contribution in [-0.2, 0) is 30.1 Å². The predicted octanol–water partition coefficient (Wildman–Crippen LogP) is 6.11. The van der Waals surface area contributed by atoms with Crippen LogP contribution in [0.2, 0.25) is 0 Å². The molecule has 0 spiro atoms. The monoisotopic (exact) mass is 672 g/mol. The van der Waals surface area contributed by atoms with Crippen molar-refractivity contribution in [2.75, 3.05) is 23.3 Å². The Hall–Kier alpha value is -4.81. The van der Waals surface area contributed by atoms with Crippen molar-refractivity contribution in [3.63, 3.8) is 0 Å². The summed E-state index contributed by atoms with van der Waals surface area (Å²) < 4.78 is 14.6. The van der Waals surface area contributed by atoms with Crippen molar-refractivity contribution >= 4 is 51.3 Å². The van der Waals surface area contributed by atoms with Gasteiger partial charge in [-0.15, -0.1) is 0 Å². The van der Waals surface area contributed by atoms with Crippen molar-refractivity contribution in [2.45, 2.75) is 97.1 Å². The first kappa shape index (κ1) is 34.1. The number of nitrogens with one attached hydrogen (secondary N) is 2. The molecule has 4 aromatic rings. The number of benzene rings is 2. The molecule has 3 amide bonds. The van der Waals surface area contributed by atoms with Gasteiger partial charge in [-0.05, 0) is 91.5 Å². The molecule has 2 N–H and O–H groups in total. The summed E-state index contributed by atoms with van der Waals surface area (Å²) >= 11 is 0. The lowest BCUT2D eigenvalue weighted by molar-refractivity contribution is 0.0113. The van der Waals surface area contributed by atoms with Crippen molar-refractivity contribution in [1.82, 2.24) is 29.8 Å². The van der Waals surface area contributed by atoms with E-state index < -0.39 is 17.3 Å². The van der Waals surface area contributed by atoms with E-state index in [-0.39, 0.29) is 30.6 Å². The summed E-state index contributed by atoms with van der Waals surface area (Å²) in [6, 6.07) is 7.91. The van der Waals surface area contributed by atoms with E-state index in [1.165, 1.54) is 0 Å². The van der Waals surface area contributed by atoms with Crippen LogP contribution in [0.25, 0.3) is 21.8 Å². The van der Waals surface area contributed by atoms with Crippen molar-refractivity contribution in [3.8, 4) is 0 Å². The van der Waals surface area contributed by atoms with E-state index in [1.807, 2.05) is 97.2 Å². The molecule has 0 bridgehead atoms. The number of aryl methyl sites for hydroxylation is 2. The molecule has 262 valence electrons. The van der Waals surface area contributed by atoms with E-state index in [1.54, 1.807) is 9.36 Å². The van der Waals surface area contributed by atoms with Gasteiger partial charge in [-0.3, -0.25) is 14.2 Å². The van der Waals surface area contributed by atoms with Crippen LogP contribution < -0.4 is 15.5 Å². The van der Waals surface area contributed by atoms with E-state index in [4.69, 9.17) is 14.6 Å². The summed E-state index contributed by atoms with van der Waals surface area (Å²) in [6.07, 6.45) is 6.80. The fraction of sp³-hybridized carbons (Fsp3) is 0.528. The van der Waals surface area contributed by atoms with Crippen molar-refractivity contribution in [2.24, 2.45) is 14.1 Å². The van der Waals surface area contributed by atoms with E-state index in [2.05, 4.69) is 20.6 Å². The molecule has 13 nitrogen and oxygen atoms in total. The first-order valence-corrected chi connectivity index (χ1v) is 17.0. The number of carbonyl (C=O) groups excluding carboxylic acids is 3. The van der Waals surface area contributed by atoms with Gasteiger partial charge in [0.05, 0.1) is 11.1 Å². The topological polar surface area (TPSA) is 136 Å². The second kappa shape index (κ2) is 12.9. The highest BCUT2D eigenvalue weighted by Crippen LogP contribution is 2.36. The number of carbonyl (C=O) groups is 3. The number of rotatable bonds is 7. The van der Waals surface area contributed by atoms with Crippen molar-refractivity contribution in [1.29, 1.82) is 0 Å². The van der Waals surface area contributed by atoms with Gasteiger partial charge < -0.3 is 29.9 Å². The molecular weight excluding hydrogens is 624 g/mol. The number of aromatic nitrogens is 4. The van der Waals surface area contributed by atoms with Gasteiger partial charge in [0, 0.05) is 85.9 Å². The van der Waals surface area contributed by atoms with Gasteiger partial charge in [0.15, 0.2) is 0 Å².